The van der Waals surface area contributed by atoms with Gasteiger partial charge in [-0.15, -0.1) is 11.3 Å². The molecule has 2 N–H and O–H groups in total. The summed E-state index contributed by atoms with van der Waals surface area (Å²) in [5.41, 5.74) is 5.66. The fourth-order valence-electron chi connectivity index (χ4n) is 1.55. The van der Waals surface area contributed by atoms with E-state index in [0.717, 1.165) is 26.5 Å². The van der Waals surface area contributed by atoms with Crippen LogP contribution in [0.1, 0.15) is 4.88 Å². The Bertz CT molecular complexity index is 548. The van der Waals surface area contributed by atoms with Crippen LogP contribution in [0.3, 0.4) is 0 Å². The molecule has 0 aliphatic rings. The van der Waals surface area contributed by atoms with Gasteiger partial charge in [-0.2, -0.15) is 0 Å². The number of ether oxygens (including phenoxy) is 2. The van der Waals surface area contributed by atoms with Gasteiger partial charge in [0.05, 0.1) is 14.2 Å². The third-order valence-electron chi connectivity index (χ3n) is 2.28. The maximum atomic E-state index is 5.66. The number of benzene rings is 1. The molecule has 0 unspecified atom stereocenters. The molecular weight excluding hydrogens is 242 g/mol. The van der Waals surface area contributed by atoms with Gasteiger partial charge in [0.2, 0.25) is 0 Å². The van der Waals surface area contributed by atoms with Crippen molar-refractivity contribution in [3.05, 3.63) is 23.1 Å². The second kappa shape index (κ2) is 4.27. The minimum absolute atomic E-state index is 0.358. The van der Waals surface area contributed by atoms with Gasteiger partial charge in [0, 0.05) is 10.1 Å². The summed E-state index contributed by atoms with van der Waals surface area (Å²) in [6, 6.07) is 5.80. The van der Waals surface area contributed by atoms with E-state index in [-0.39, 0.29) is 0 Å². The predicted octanol–water partition coefficient (Wildman–Crippen LogP) is 2.55. The zero-order chi connectivity index (χ0) is 11.7. The summed E-state index contributed by atoms with van der Waals surface area (Å²) in [6.07, 6.45) is 0. The lowest BCUT2D eigenvalue weighted by Crippen LogP contribution is -2.08. The maximum Gasteiger partial charge on any atom is 0.147 e. The summed E-state index contributed by atoms with van der Waals surface area (Å²) in [7, 11) is 3.25. The van der Waals surface area contributed by atoms with Gasteiger partial charge in [-0.3, -0.25) is 0 Å². The molecule has 0 aliphatic heterocycles. The van der Waals surface area contributed by atoms with E-state index in [1.165, 1.54) is 11.3 Å². The van der Waals surface area contributed by atoms with Crippen LogP contribution in [0.4, 0.5) is 0 Å². The van der Waals surface area contributed by atoms with E-state index < -0.39 is 0 Å². The maximum absolute atomic E-state index is 5.66. The molecule has 84 valence electrons. The van der Waals surface area contributed by atoms with E-state index in [2.05, 4.69) is 0 Å². The molecule has 0 spiro atoms. The van der Waals surface area contributed by atoms with E-state index in [1.807, 2.05) is 18.2 Å². The van der Waals surface area contributed by atoms with Crippen LogP contribution in [0.25, 0.3) is 10.1 Å². The minimum Gasteiger partial charge on any atom is -0.497 e. The van der Waals surface area contributed by atoms with Crippen LogP contribution in [-0.2, 0) is 0 Å². The summed E-state index contributed by atoms with van der Waals surface area (Å²) < 4.78 is 11.6. The van der Waals surface area contributed by atoms with E-state index in [0.29, 0.717) is 4.99 Å². The predicted molar refractivity (Wildman–Crippen MR) is 70.8 cm³/mol. The molecule has 0 aliphatic carbocycles. The molecule has 0 fully saturated rings. The number of methoxy groups -OCH3 is 2. The molecule has 3 nitrogen and oxygen atoms in total. The number of rotatable bonds is 3. The third kappa shape index (κ3) is 1.72. The monoisotopic (exact) mass is 253 g/mol. The van der Waals surface area contributed by atoms with Gasteiger partial charge in [-0.05, 0) is 18.2 Å². The lowest BCUT2D eigenvalue weighted by atomic mass is 10.2. The van der Waals surface area contributed by atoms with Crippen molar-refractivity contribution in [3.63, 3.8) is 0 Å². The Labute approximate surface area is 103 Å². The van der Waals surface area contributed by atoms with Crippen LogP contribution >= 0.6 is 23.6 Å². The van der Waals surface area contributed by atoms with Gasteiger partial charge in [0.25, 0.3) is 0 Å². The molecule has 0 saturated heterocycles. The van der Waals surface area contributed by atoms with Crippen molar-refractivity contribution in [2.24, 2.45) is 5.73 Å². The number of hydrogen-bond acceptors (Lipinski definition) is 4. The first-order valence-electron chi connectivity index (χ1n) is 4.61. The summed E-state index contributed by atoms with van der Waals surface area (Å²) in [4.78, 5) is 1.16. The molecule has 0 amide bonds. The lowest BCUT2D eigenvalue weighted by Gasteiger charge is -2.02. The summed E-state index contributed by atoms with van der Waals surface area (Å²) in [5.74, 6) is 1.52. The molecule has 0 radical (unpaired) electrons. The van der Waals surface area contributed by atoms with Gasteiger partial charge in [0.15, 0.2) is 0 Å². The van der Waals surface area contributed by atoms with Gasteiger partial charge in [-0.25, -0.2) is 0 Å². The average Bonchev–Trinajstić information content (AvgIpc) is 2.66. The zero-order valence-electron chi connectivity index (χ0n) is 8.94. The van der Waals surface area contributed by atoms with Gasteiger partial charge in [-0.1, -0.05) is 12.2 Å². The van der Waals surface area contributed by atoms with E-state index in [4.69, 9.17) is 27.4 Å². The Hall–Kier alpha value is -1.33. The number of nitrogens with two attached hydrogens (primary N) is 1. The zero-order valence-corrected chi connectivity index (χ0v) is 10.6. The van der Waals surface area contributed by atoms with Crippen molar-refractivity contribution >= 4 is 38.6 Å². The van der Waals surface area contributed by atoms with Crippen molar-refractivity contribution in [2.45, 2.75) is 0 Å². The van der Waals surface area contributed by atoms with Crippen molar-refractivity contribution < 1.29 is 9.47 Å². The Morgan fingerprint density at radius 2 is 2.06 bits per heavy atom. The standard InChI is InChI=1S/C11H11NO2S2/c1-13-6-3-4-8-7(5-6)9(14-2)10(16-8)11(12)15/h3-5H,1-2H3,(H2,12,15). The topological polar surface area (TPSA) is 44.5 Å². The molecule has 0 atom stereocenters. The quantitative estimate of drug-likeness (QED) is 0.854. The third-order valence-corrected chi connectivity index (χ3v) is 3.80. The number of thiophene rings is 1. The van der Waals surface area contributed by atoms with Crippen LogP contribution in [0.5, 0.6) is 11.5 Å². The Morgan fingerprint density at radius 3 is 2.62 bits per heavy atom. The molecule has 2 rings (SSSR count). The summed E-state index contributed by atoms with van der Waals surface area (Å²) >= 11 is 6.52. The molecule has 0 saturated carbocycles. The number of hydrogen-bond donors (Lipinski definition) is 1. The second-order valence-electron chi connectivity index (χ2n) is 3.19. The summed E-state index contributed by atoms with van der Waals surface area (Å²) in [5, 5.41) is 0.981. The SMILES string of the molecule is COc1ccc2sc(C(N)=S)c(OC)c2c1. The summed E-state index contributed by atoms with van der Waals surface area (Å²) in [6.45, 7) is 0. The van der Waals surface area contributed by atoms with Gasteiger partial charge in [0.1, 0.15) is 21.4 Å². The molecule has 1 heterocycles. The molecule has 5 heteroatoms. The molecule has 0 bridgehead atoms. The lowest BCUT2D eigenvalue weighted by molar-refractivity contribution is 0.412. The Kier molecular flexibility index (Phi) is 2.98. The largest absolute Gasteiger partial charge is 0.497 e. The fourth-order valence-corrected chi connectivity index (χ4v) is 2.77. The van der Waals surface area contributed by atoms with Crippen molar-refractivity contribution in [2.75, 3.05) is 14.2 Å². The van der Waals surface area contributed by atoms with Crippen molar-refractivity contribution in [1.82, 2.24) is 0 Å². The molecule has 1 aromatic carbocycles. The van der Waals surface area contributed by atoms with Crippen molar-refractivity contribution in [1.29, 1.82) is 0 Å². The highest BCUT2D eigenvalue weighted by molar-refractivity contribution is 7.81. The average molecular weight is 253 g/mol. The van der Waals surface area contributed by atoms with E-state index in [1.54, 1.807) is 14.2 Å². The molecule has 1 aromatic heterocycles. The normalized spacial score (nSPS) is 10.4. The number of thiocarbonyl (C=S) groups is 1. The Morgan fingerprint density at radius 1 is 1.31 bits per heavy atom. The van der Waals surface area contributed by atoms with Crippen LogP contribution in [0, 0.1) is 0 Å². The molecule has 2 aromatic rings. The fraction of sp³-hybridized carbons (Fsp3) is 0.182. The van der Waals surface area contributed by atoms with Crippen LogP contribution in [0.2, 0.25) is 0 Å². The highest BCUT2D eigenvalue weighted by atomic mass is 32.1. The highest BCUT2D eigenvalue weighted by Crippen LogP contribution is 2.39. The first kappa shape index (κ1) is 11.2. The minimum atomic E-state index is 0.358. The smallest absolute Gasteiger partial charge is 0.147 e. The van der Waals surface area contributed by atoms with Crippen molar-refractivity contribution in [3.8, 4) is 11.5 Å². The number of fused-ring (bicyclic) bond motifs is 1. The highest BCUT2D eigenvalue weighted by Gasteiger charge is 2.15. The van der Waals surface area contributed by atoms with Gasteiger partial charge < -0.3 is 15.2 Å². The molecular formula is C11H11NO2S2. The van der Waals surface area contributed by atoms with Crippen LogP contribution < -0.4 is 15.2 Å². The first-order valence-corrected chi connectivity index (χ1v) is 5.84. The Balaban J connectivity index is 2.73. The van der Waals surface area contributed by atoms with Crippen LogP contribution in [-0.4, -0.2) is 19.2 Å². The van der Waals surface area contributed by atoms with E-state index >= 15 is 0 Å². The van der Waals surface area contributed by atoms with E-state index in [9.17, 15) is 0 Å². The van der Waals surface area contributed by atoms with Crippen LogP contribution in [0.15, 0.2) is 18.2 Å². The molecule has 16 heavy (non-hydrogen) atoms. The first-order chi connectivity index (χ1) is 7.67. The van der Waals surface area contributed by atoms with Gasteiger partial charge >= 0.3 is 0 Å². The second-order valence-corrected chi connectivity index (χ2v) is 4.68.